The van der Waals surface area contributed by atoms with Gasteiger partial charge in [-0.15, -0.1) is 5.10 Å². The topological polar surface area (TPSA) is 50.9 Å². The van der Waals surface area contributed by atoms with Gasteiger partial charge in [0, 0.05) is 0 Å². The van der Waals surface area contributed by atoms with E-state index in [4.69, 9.17) is 5.11 Å². The molecule has 11 heavy (non-hydrogen) atoms. The third-order valence-corrected chi connectivity index (χ3v) is 1.16. The number of aliphatic hydroxyl groups is 1. The first kappa shape index (κ1) is 8.06. The van der Waals surface area contributed by atoms with Crippen molar-refractivity contribution in [2.45, 2.75) is 19.6 Å². The standard InChI is InChI=1S/C5H7F2N3O/c1-3(11)4-2-10(5(6)7)9-8-4/h2-3,5,11H,1H3. The van der Waals surface area contributed by atoms with Gasteiger partial charge in [-0.05, 0) is 6.92 Å². The van der Waals surface area contributed by atoms with Gasteiger partial charge in [0.2, 0.25) is 0 Å². The summed E-state index contributed by atoms with van der Waals surface area (Å²) in [6, 6.07) is 0. The summed E-state index contributed by atoms with van der Waals surface area (Å²) in [5, 5.41) is 15.3. The van der Waals surface area contributed by atoms with Crippen LogP contribution in [0.15, 0.2) is 6.20 Å². The van der Waals surface area contributed by atoms with Crippen molar-refractivity contribution in [1.29, 1.82) is 0 Å². The lowest BCUT2D eigenvalue weighted by atomic mass is 10.3. The first-order chi connectivity index (χ1) is 5.11. The zero-order valence-electron chi connectivity index (χ0n) is 5.78. The van der Waals surface area contributed by atoms with Crippen molar-refractivity contribution >= 4 is 0 Å². The quantitative estimate of drug-likeness (QED) is 0.699. The Morgan fingerprint density at radius 3 is 2.55 bits per heavy atom. The molecule has 6 heteroatoms. The zero-order chi connectivity index (χ0) is 8.43. The number of hydrogen-bond donors (Lipinski definition) is 1. The lowest BCUT2D eigenvalue weighted by Gasteiger charge is -1.95. The van der Waals surface area contributed by atoms with E-state index in [1.165, 1.54) is 6.92 Å². The van der Waals surface area contributed by atoms with Crippen molar-refractivity contribution in [1.82, 2.24) is 15.0 Å². The van der Waals surface area contributed by atoms with Crippen LogP contribution in [0.5, 0.6) is 0 Å². The van der Waals surface area contributed by atoms with Gasteiger partial charge in [0.25, 0.3) is 0 Å². The Balaban J connectivity index is 2.82. The molecule has 0 radical (unpaired) electrons. The maximum atomic E-state index is 11.8. The van der Waals surface area contributed by atoms with Crippen molar-refractivity contribution in [2.75, 3.05) is 0 Å². The van der Waals surface area contributed by atoms with Crippen LogP contribution in [0.3, 0.4) is 0 Å². The van der Waals surface area contributed by atoms with Crippen LogP contribution in [0.25, 0.3) is 0 Å². The Bertz CT molecular complexity index is 213. The van der Waals surface area contributed by atoms with Crippen LogP contribution in [0, 0.1) is 0 Å². The second-order valence-electron chi connectivity index (χ2n) is 2.08. The van der Waals surface area contributed by atoms with Gasteiger partial charge in [0.15, 0.2) is 0 Å². The van der Waals surface area contributed by atoms with Gasteiger partial charge >= 0.3 is 6.55 Å². The third kappa shape index (κ3) is 1.70. The molecule has 0 aliphatic carbocycles. The zero-order valence-corrected chi connectivity index (χ0v) is 5.78. The highest BCUT2D eigenvalue weighted by molar-refractivity contribution is 4.95. The highest BCUT2D eigenvalue weighted by Gasteiger charge is 2.11. The van der Waals surface area contributed by atoms with E-state index in [9.17, 15) is 8.78 Å². The molecule has 0 fully saturated rings. The molecule has 0 bridgehead atoms. The van der Waals surface area contributed by atoms with E-state index in [0.717, 1.165) is 6.20 Å². The molecule has 1 heterocycles. The maximum absolute atomic E-state index is 11.8. The monoisotopic (exact) mass is 163 g/mol. The Morgan fingerprint density at radius 1 is 1.64 bits per heavy atom. The highest BCUT2D eigenvalue weighted by Crippen LogP contribution is 2.11. The van der Waals surface area contributed by atoms with E-state index in [-0.39, 0.29) is 5.69 Å². The van der Waals surface area contributed by atoms with Crippen LogP contribution in [0.1, 0.15) is 25.3 Å². The van der Waals surface area contributed by atoms with Crippen molar-refractivity contribution in [3.05, 3.63) is 11.9 Å². The molecule has 1 aromatic heterocycles. The fourth-order valence-electron chi connectivity index (χ4n) is 0.577. The largest absolute Gasteiger partial charge is 0.387 e. The van der Waals surface area contributed by atoms with Crippen LogP contribution < -0.4 is 0 Å². The average molecular weight is 163 g/mol. The van der Waals surface area contributed by atoms with Gasteiger partial charge in [0.05, 0.1) is 12.3 Å². The molecule has 4 nitrogen and oxygen atoms in total. The minimum Gasteiger partial charge on any atom is -0.387 e. The Morgan fingerprint density at radius 2 is 2.27 bits per heavy atom. The van der Waals surface area contributed by atoms with Gasteiger partial charge in [-0.2, -0.15) is 13.5 Å². The van der Waals surface area contributed by atoms with Gasteiger partial charge in [-0.1, -0.05) is 5.21 Å². The van der Waals surface area contributed by atoms with Crippen molar-refractivity contribution in [3.63, 3.8) is 0 Å². The van der Waals surface area contributed by atoms with E-state index in [2.05, 4.69) is 10.3 Å². The number of rotatable bonds is 2. The normalized spacial score (nSPS) is 13.9. The van der Waals surface area contributed by atoms with Crippen LogP contribution in [0.4, 0.5) is 8.78 Å². The van der Waals surface area contributed by atoms with Crippen molar-refractivity contribution in [3.8, 4) is 0 Å². The predicted molar refractivity (Wildman–Crippen MR) is 31.9 cm³/mol. The fourth-order valence-corrected chi connectivity index (χ4v) is 0.577. The van der Waals surface area contributed by atoms with E-state index in [1.54, 1.807) is 0 Å². The van der Waals surface area contributed by atoms with Crippen LogP contribution in [0.2, 0.25) is 0 Å². The molecule has 1 unspecified atom stereocenters. The molecule has 0 amide bonds. The minimum atomic E-state index is -2.70. The molecule has 1 aromatic rings. The van der Waals surface area contributed by atoms with Gasteiger partial charge in [-0.25, -0.2) is 0 Å². The Kier molecular flexibility index (Phi) is 2.13. The summed E-state index contributed by atoms with van der Waals surface area (Å²) in [4.78, 5) is 0. The number of aliphatic hydroxyl groups excluding tert-OH is 1. The first-order valence-corrected chi connectivity index (χ1v) is 2.99. The number of nitrogens with zero attached hydrogens (tertiary/aromatic N) is 3. The molecule has 62 valence electrons. The number of alkyl halides is 2. The molecule has 0 saturated carbocycles. The van der Waals surface area contributed by atoms with E-state index in [1.807, 2.05) is 0 Å². The molecule has 0 aliphatic heterocycles. The molecular weight excluding hydrogens is 156 g/mol. The molecule has 1 atom stereocenters. The smallest absolute Gasteiger partial charge is 0.334 e. The molecule has 0 saturated heterocycles. The number of aromatic nitrogens is 3. The predicted octanol–water partition coefficient (Wildman–Crippen LogP) is 0.726. The van der Waals surface area contributed by atoms with Crippen molar-refractivity contribution in [2.24, 2.45) is 0 Å². The van der Waals surface area contributed by atoms with E-state index >= 15 is 0 Å². The van der Waals surface area contributed by atoms with E-state index < -0.39 is 12.7 Å². The SMILES string of the molecule is CC(O)c1cn(C(F)F)nn1. The highest BCUT2D eigenvalue weighted by atomic mass is 19.3. The first-order valence-electron chi connectivity index (χ1n) is 2.99. The Labute approximate surface area is 61.4 Å². The summed E-state index contributed by atoms with van der Waals surface area (Å²) >= 11 is 0. The Hall–Kier alpha value is -1.04. The molecule has 0 aromatic carbocycles. The summed E-state index contributed by atoms with van der Waals surface area (Å²) in [6.45, 7) is -1.27. The van der Waals surface area contributed by atoms with Crippen LogP contribution in [-0.2, 0) is 0 Å². The maximum Gasteiger partial charge on any atom is 0.334 e. The van der Waals surface area contributed by atoms with Crippen LogP contribution >= 0.6 is 0 Å². The third-order valence-electron chi connectivity index (χ3n) is 1.16. The van der Waals surface area contributed by atoms with Gasteiger partial charge < -0.3 is 5.11 Å². The molecule has 1 rings (SSSR count). The molecular formula is C5H7F2N3O. The summed E-state index contributed by atoms with van der Waals surface area (Å²) < 4.78 is 24.0. The van der Waals surface area contributed by atoms with Crippen LogP contribution in [-0.4, -0.2) is 20.1 Å². The summed E-state index contributed by atoms with van der Waals surface area (Å²) in [5.74, 6) is 0. The van der Waals surface area contributed by atoms with Gasteiger partial charge in [-0.3, -0.25) is 0 Å². The minimum absolute atomic E-state index is 0.144. The molecule has 1 N–H and O–H groups in total. The summed E-state index contributed by atoms with van der Waals surface area (Å²) in [5.41, 5.74) is 0.144. The molecule has 0 aliphatic rings. The van der Waals surface area contributed by atoms with Crippen molar-refractivity contribution < 1.29 is 13.9 Å². The lowest BCUT2D eigenvalue weighted by molar-refractivity contribution is 0.0545. The second kappa shape index (κ2) is 2.91. The summed E-state index contributed by atoms with van der Waals surface area (Å²) in [6.07, 6.45) is 0.150. The van der Waals surface area contributed by atoms with E-state index in [0.29, 0.717) is 4.68 Å². The lowest BCUT2D eigenvalue weighted by Crippen LogP contribution is -1.97. The average Bonchev–Trinajstić information content (AvgIpc) is 2.33. The molecule has 0 spiro atoms. The van der Waals surface area contributed by atoms with Gasteiger partial charge in [0.1, 0.15) is 5.69 Å². The number of hydrogen-bond acceptors (Lipinski definition) is 3. The summed E-state index contributed by atoms with van der Waals surface area (Å²) in [7, 11) is 0. The number of halogens is 2. The second-order valence-corrected chi connectivity index (χ2v) is 2.08. The fraction of sp³-hybridized carbons (Fsp3) is 0.600.